The van der Waals surface area contributed by atoms with Gasteiger partial charge in [-0.25, -0.2) is 0 Å². The van der Waals surface area contributed by atoms with E-state index in [-0.39, 0.29) is 12.3 Å². The number of aliphatic hydroxyl groups excluding tert-OH is 1. The summed E-state index contributed by atoms with van der Waals surface area (Å²) in [4.78, 5) is 10.6. The molecule has 106 valence electrons. The van der Waals surface area contributed by atoms with Gasteiger partial charge < -0.3 is 19.7 Å². The molecular formula is C14H20O5. The summed E-state index contributed by atoms with van der Waals surface area (Å²) in [6.07, 6.45) is -0.390. The van der Waals surface area contributed by atoms with Crippen molar-refractivity contribution in [2.75, 3.05) is 14.2 Å². The van der Waals surface area contributed by atoms with Crippen LogP contribution in [0.5, 0.6) is 11.5 Å². The van der Waals surface area contributed by atoms with Crippen LogP contribution in [0.25, 0.3) is 0 Å². The summed E-state index contributed by atoms with van der Waals surface area (Å²) < 4.78 is 10.3. The Kier molecular flexibility index (Phi) is 5.63. The lowest BCUT2D eigenvalue weighted by molar-refractivity contribution is -0.138. The number of hydrogen-bond acceptors (Lipinski definition) is 4. The van der Waals surface area contributed by atoms with E-state index in [1.807, 2.05) is 0 Å². The number of methoxy groups -OCH3 is 2. The van der Waals surface area contributed by atoms with Gasteiger partial charge in [0.1, 0.15) is 11.5 Å². The van der Waals surface area contributed by atoms with Crippen molar-refractivity contribution in [3.63, 3.8) is 0 Å². The minimum absolute atomic E-state index is 0.0311. The van der Waals surface area contributed by atoms with Crippen molar-refractivity contribution in [1.29, 1.82) is 0 Å². The van der Waals surface area contributed by atoms with Gasteiger partial charge in [0, 0.05) is 12.0 Å². The average Bonchev–Trinajstić information content (AvgIpc) is 2.36. The molecule has 0 spiro atoms. The van der Waals surface area contributed by atoms with Gasteiger partial charge >= 0.3 is 5.97 Å². The van der Waals surface area contributed by atoms with Crippen LogP contribution in [0.4, 0.5) is 0 Å². The molecule has 0 amide bonds. The molecule has 0 aliphatic carbocycles. The van der Waals surface area contributed by atoms with Gasteiger partial charge in [-0.2, -0.15) is 0 Å². The summed E-state index contributed by atoms with van der Waals surface area (Å²) >= 11 is 0. The summed E-state index contributed by atoms with van der Waals surface area (Å²) in [5.41, 5.74) is 0.610. The zero-order valence-corrected chi connectivity index (χ0v) is 11.4. The number of aliphatic carboxylic acids is 1. The normalized spacial score (nSPS) is 13.7. The predicted molar refractivity (Wildman–Crippen MR) is 70.5 cm³/mol. The van der Waals surface area contributed by atoms with Crippen molar-refractivity contribution in [1.82, 2.24) is 0 Å². The number of aliphatic hydroxyl groups is 1. The van der Waals surface area contributed by atoms with Crippen LogP contribution < -0.4 is 9.47 Å². The van der Waals surface area contributed by atoms with E-state index in [0.29, 0.717) is 23.5 Å². The van der Waals surface area contributed by atoms with Crippen LogP contribution >= 0.6 is 0 Å². The maximum atomic E-state index is 10.6. The van der Waals surface area contributed by atoms with Gasteiger partial charge in [0.2, 0.25) is 0 Å². The van der Waals surface area contributed by atoms with Crippen LogP contribution in [0.15, 0.2) is 18.2 Å². The van der Waals surface area contributed by atoms with Gasteiger partial charge in [-0.1, -0.05) is 6.92 Å². The van der Waals surface area contributed by atoms with Crippen LogP contribution in [0.3, 0.4) is 0 Å². The lowest BCUT2D eigenvalue weighted by Crippen LogP contribution is -2.10. The highest BCUT2D eigenvalue weighted by Gasteiger charge is 2.19. The minimum atomic E-state index is -0.864. The molecule has 0 saturated heterocycles. The maximum Gasteiger partial charge on any atom is 0.303 e. The predicted octanol–water partition coefficient (Wildman–Crippen LogP) is 2.24. The summed E-state index contributed by atoms with van der Waals surface area (Å²) in [7, 11) is 3.07. The summed E-state index contributed by atoms with van der Waals surface area (Å²) in [5, 5.41) is 18.9. The van der Waals surface area contributed by atoms with Gasteiger partial charge in [0.05, 0.1) is 20.3 Å². The van der Waals surface area contributed by atoms with Gasteiger partial charge in [0.15, 0.2) is 0 Å². The van der Waals surface area contributed by atoms with E-state index < -0.39 is 12.1 Å². The van der Waals surface area contributed by atoms with Crippen molar-refractivity contribution >= 4 is 5.97 Å². The fourth-order valence-electron chi connectivity index (χ4n) is 1.99. The Morgan fingerprint density at radius 1 is 1.32 bits per heavy atom. The van der Waals surface area contributed by atoms with Crippen LogP contribution in [-0.2, 0) is 4.79 Å². The SMILES string of the molecule is COc1ccc(OC)c(C(O)CC(C)CC(=O)O)c1. The Morgan fingerprint density at radius 3 is 2.53 bits per heavy atom. The molecule has 0 bridgehead atoms. The molecule has 0 saturated carbocycles. The second-order valence-electron chi connectivity index (χ2n) is 4.56. The first-order valence-corrected chi connectivity index (χ1v) is 6.09. The highest BCUT2D eigenvalue weighted by Crippen LogP contribution is 2.33. The summed E-state index contributed by atoms with van der Waals surface area (Å²) in [5.74, 6) is 0.206. The molecule has 2 unspecified atom stereocenters. The lowest BCUT2D eigenvalue weighted by Gasteiger charge is -2.18. The summed E-state index contributed by atoms with van der Waals surface area (Å²) in [6, 6.07) is 5.17. The Balaban J connectivity index is 2.84. The van der Waals surface area contributed by atoms with Crippen molar-refractivity contribution in [3.05, 3.63) is 23.8 Å². The molecule has 0 fully saturated rings. The first kappa shape index (κ1) is 15.3. The van der Waals surface area contributed by atoms with E-state index in [2.05, 4.69) is 0 Å². The van der Waals surface area contributed by atoms with Crippen LogP contribution in [0, 0.1) is 5.92 Å². The topological polar surface area (TPSA) is 76.0 Å². The Labute approximate surface area is 112 Å². The fourth-order valence-corrected chi connectivity index (χ4v) is 1.99. The molecule has 1 aromatic rings. The Morgan fingerprint density at radius 2 is 2.00 bits per heavy atom. The second kappa shape index (κ2) is 6.99. The molecule has 5 heteroatoms. The fraction of sp³-hybridized carbons (Fsp3) is 0.500. The minimum Gasteiger partial charge on any atom is -0.497 e. The van der Waals surface area contributed by atoms with E-state index in [1.165, 1.54) is 7.11 Å². The monoisotopic (exact) mass is 268 g/mol. The summed E-state index contributed by atoms with van der Waals surface area (Å²) in [6.45, 7) is 1.80. The number of carbonyl (C=O) groups is 1. The molecule has 0 radical (unpaired) electrons. The third kappa shape index (κ3) is 4.44. The third-order valence-electron chi connectivity index (χ3n) is 2.94. The van der Waals surface area contributed by atoms with Crippen LogP contribution in [0.1, 0.15) is 31.4 Å². The second-order valence-corrected chi connectivity index (χ2v) is 4.56. The zero-order valence-electron chi connectivity index (χ0n) is 11.4. The smallest absolute Gasteiger partial charge is 0.303 e. The molecule has 1 aromatic carbocycles. The highest BCUT2D eigenvalue weighted by molar-refractivity contribution is 5.66. The third-order valence-corrected chi connectivity index (χ3v) is 2.94. The standard InChI is InChI=1S/C14H20O5/c1-9(7-14(16)17)6-12(15)11-8-10(18-2)4-5-13(11)19-3/h4-5,8-9,12,15H,6-7H2,1-3H3,(H,16,17). The molecule has 2 N–H and O–H groups in total. The van der Waals surface area contributed by atoms with Crippen molar-refractivity contribution in [2.45, 2.75) is 25.9 Å². The van der Waals surface area contributed by atoms with Crippen LogP contribution in [-0.4, -0.2) is 30.4 Å². The quantitative estimate of drug-likeness (QED) is 0.793. The van der Waals surface area contributed by atoms with E-state index >= 15 is 0 Å². The van der Waals surface area contributed by atoms with Gasteiger partial charge in [-0.15, -0.1) is 0 Å². The Bertz CT molecular complexity index is 430. The van der Waals surface area contributed by atoms with E-state index in [1.54, 1.807) is 32.2 Å². The number of hydrogen-bond donors (Lipinski definition) is 2. The molecule has 0 aliphatic heterocycles. The number of rotatable bonds is 7. The Hall–Kier alpha value is -1.75. The maximum absolute atomic E-state index is 10.6. The van der Waals surface area contributed by atoms with Crippen LogP contribution in [0.2, 0.25) is 0 Å². The molecule has 2 atom stereocenters. The van der Waals surface area contributed by atoms with Gasteiger partial charge in [-0.05, 0) is 30.5 Å². The lowest BCUT2D eigenvalue weighted by atomic mass is 9.95. The van der Waals surface area contributed by atoms with Crippen molar-refractivity contribution < 1.29 is 24.5 Å². The first-order chi connectivity index (χ1) is 8.97. The van der Waals surface area contributed by atoms with Gasteiger partial charge in [-0.3, -0.25) is 4.79 Å². The van der Waals surface area contributed by atoms with Gasteiger partial charge in [0.25, 0.3) is 0 Å². The van der Waals surface area contributed by atoms with E-state index in [0.717, 1.165) is 0 Å². The molecule has 0 heterocycles. The van der Waals surface area contributed by atoms with Crippen molar-refractivity contribution in [2.24, 2.45) is 5.92 Å². The van der Waals surface area contributed by atoms with Crippen molar-refractivity contribution in [3.8, 4) is 11.5 Å². The number of carboxylic acid groups (broad SMARTS) is 1. The van der Waals surface area contributed by atoms with E-state index in [4.69, 9.17) is 14.6 Å². The molecule has 19 heavy (non-hydrogen) atoms. The zero-order chi connectivity index (χ0) is 14.4. The highest BCUT2D eigenvalue weighted by atomic mass is 16.5. The average molecular weight is 268 g/mol. The number of carboxylic acids is 1. The molecule has 0 aliphatic rings. The molecule has 5 nitrogen and oxygen atoms in total. The largest absolute Gasteiger partial charge is 0.497 e. The van der Waals surface area contributed by atoms with E-state index in [9.17, 15) is 9.90 Å². The first-order valence-electron chi connectivity index (χ1n) is 6.09. The number of ether oxygens (including phenoxy) is 2. The number of benzene rings is 1. The molecule has 0 aromatic heterocycles. The molecule has 1 rings (SSSR count). The molecular weight excluding hydrogens is 248 g/mol.